The summed E-state index contributed by atoms with van der Waals surface area (Å²) in [5.74, 6) is 0.454. The van der Waals surface area contributed by atoms with Crippen LogP contribution in [0, 0.1) is 0 Å². The number of ether oxygens (including phenoxy) is 4. The number of rotatable bonds is 11. The molecule has 1 heterocycles. The van der Waals surface area contributed by atoms with E-state index in [4.69, 9.17) is 23.4 Å². The van der Waals surface area contributed by atoms with Crippen molar-refractivity contribution in [3.05, 3.63) is 129 Å². The summed E-state index contributed by atoms with van der Waals surface area (Å²) < 4.78 is 26.9. The van der Waals surface area contributed by atoms with Crippen LogP contribution < -0.4 is 14.2 Å². The Morgan fingerprint density at radius 3 is 1.64 bits per heavy atom. The van der Waals surface area contributed by atoms with Crippen LogP contribution in [0.1, 0.15) is 6.92 Å². The Balaban J connectivity index is 1.47. The molecule has 1 aromatic heterocycles. The molecule has 0 fully saturated rings. The number of benzene rings is 3. The van der Waals surface area contributed by atoms with Crippen molar-refractivity contribution in [3.8, 4) is 51.0 Å². The summed E-state index contributed by atoms with van der Waals surface area (Å²) in [6.07, 6.45) is 4.51. The Bertz CT molecular complexity index is 1630. The highest BCUT2D eigenvalue weighted by molar-refractivity contribution is 5.87. The van der Waals surface area contributed by atoms with E-state index >= 15 is 0 Å². The molecule has 0 bridgehead atoms. The van der Waals surface area contributed by atoms with Gasteiger partial charge in [0.15, 0.2) is 0 Å². The third-order valence-corrected chi connectivity index (χ3v) is 5.68. The number of hydrogen-bond donors (Lipinski definition) is 0. The monoisotopic (exact) mass is 562 g/mol. The highest BCUT2D eigenvalue weighted by atomic mass is 16.5. The molecule has 8 heteroatoms. The van der Waals surface area contributed by atoms with Gasteiger partial charge in [-0.1, -0.05) is 44.0 Å². The Hall–Kier alpha value is -5.89. The molecule has 210 valence electrons. The second kappa shape index (κ2) is 13.5. The summed E-state index contributed by atoms with van der Waals surface area (Å²) in [6, 6.07) is 23.2. The van der Waals surface area contributed by atoms with Crippen LogP contribution in [0.5, 0.6) is 17.2 Å². The lowest BCUT2D eigenvalue weighted by Crippen LogP contribution is -2.06. The lowest BCUT2D eigenvalue weighted by Gasteiger charge is -2.10. The Morgan fingerprint density at radius 1 is 0.643 bits per heavy atom. The van der Waals surface area contributed by atoms with Gasteiger partial charge in [-0.15, -0.1) is 0 Å². The molecule has 4 aromatic rings. The van der Waals surface area contributed by atoms with E-state index in [1.54, 1.807) is 31.2 Å². The van der Waals surface area contributed by atoms with Crippen LogP contribution in [0.4, 0.5) is 0 Å². The van der Waals surface area contributed by atoms with E-state index in [1.807, 2.05) is 48.5 Å². The van der Waals surface area contributed by atoms with Crippen LogP contribution >= 0.6 is 0 Å². The van der Waals surface area contributed by atoms with E-state index in [2.05, 4.69) is 19.7 Å². The van der Waals surface area contributed by atoms with Crippen molar-refractivity contribution < 1.29 is 37.7 Å². The van der Waals surface area contributed by atoms with Crippen molar-refractivity contribution in [3.63, 3.8) is 0 Å². The second-order valence-corrected chi connectivity index (χ2v) is 8.78. The number of carbonyl (C=O) groups is 3. The lowest BCUT2D eigenvalue weighted by atomic mass is 10.0. The topological polar surface area (TPSA) is 101 Å². The normalized spacial score (nSPS) is 10.5. The lowest BCUT2D eigenvalue weighted by molar-refractivity contribution is -0.133. The number of hydrogen-bond acceptors (Lipinski definition) is 8. The third kappa shape index (κ3) is 7.61. The van der Waals surface area contributed by atoms with Gasteiger partial charge in [0, 0.05) is 34.9 Å². The smallest absolute Gasteiger partial charge is 0.338 e. The minimum atomic E-state index is -0.641. The molecule has 0 radical (unpaired) electrons. The first-order valence-electron chi connectivity index (χ1n) is 12.6. The van der Waals surface area contributed by atoms with Crippen LogP contribution in [0.3, 0.4) is 0 Å². The summed E-state index contributed by atoms with van der Waals surface area (Å²) in [7, 11) is 0. The largest absolute Gasteiger partial charge is 0.462 e. The van der Waals surface area contributed by atoms with Crippen LogP contribution in [-0.2, 0) is 19.1 Å². The Kier molecular flexibility index (Phi) is 9.32. The van der Waals surface area contributed by atoms with E-state index < -0.39 is 17.9 Å². The molecule has 0 aliphatic rings. The average molecular weight is 563 g/mol. The summed E-state index contributed by atoms with van der Waals surface area (Å²) in [5.41, 5.74) is 3.42. The van der Waals surface area contributed by atoms with Crippen molar-refractivity contribution in [2.75, 3.05) is 0 Å². The molecule has 0 N–H and O–H groups in total. The molecular formula is C34H26O8. The predicted molar refractivity (Wildman–Crippen MR) is 157 cm³/mol. The Morgan fingerprint density at radius 2 is 1.14 bits per heavy atom. The third-order valence-electron chi connectivity index (χ3n) is 5.68. The standard InChI is InChI=1S/C34H26O8/c1-5-32(35)40-28-19-26(20-29(21-28)41-33(36)6-2)23-7-9-24(10-8-23)30-15-16-31(42-30)25-11-13-27(14-12-25)38-17-18-39-34(37)22(3)4/h5-21H,1-3H2,4H3. The minimum Gasteiger partial charge on any atom is -0.462 e. The maximum Gasteiger partial charge on any atom is 0.338 e. The van der Waals surface area contributed by atoms with Crippen molar-refractivity contribution in [1.82, 2.24) is 0 Å². The molecular weight excluding hydrogens is 536 g/mol. The first-order chi connectivity index (χ1) is 20.2. The molecule has 4 rings (SSSR count). The zero-order valence-corrected chi connectivity index (χ0v) is 22.7. The van der Waals surface area contributed by atoms with Crippen LogP contribution in [0.15, 0.2) is 133 Å². The molecule has 3 aromatic carbocycles. The first kappa shape index (κ1) is 29.1. The van der Waals surface area contributed by atoms with E-state index in [1.165, 1.54) is 12.3 Å². The molecule has 42 heavy (non-hydrogen) atoms. The van der Waals surface area contributed by atoms with Crippen molar-refractivity contribution in [2.45, 2.75) is 6.92 Å². The van der Waals surface area contributed by atoms with Gasteiger partial charge in [-0.25, -0.2) is 14.4 Å². The summed E-state index contributed by atoms with van der Waals surface area (Å²) >= 11 is 0. The molecule has 0 unspecified atom stereocenters. The highest BCUT2D eigenvalue weighted by Gasteiger charge is 2.12. The number of carbonyl (C=O) groups excluding carboxylic acids is 3. The fraction of sp³-hybridized carbons (Fsp3) is 0.0294. The molecule has 0 spiro atoms. The number of furan rings is 1. The average Bonchev–Trinajstić information content (AvgIpc) is 3.49. The van der Waals surface area contributed by atoms with E-state index in [0.717, 1.165) is 35.1 Å². The van der Waals surface area contributed by atoms with Gasteiger partial charge in [0.2, 0.25) is 0 Å². The van der Waals surface area contributed by atoms with Gasteiger partial charge in [0.25, 0.3) is 0 Å². The predicted octanol–water partition coefficient (Wildman–Crippen LogP) is 7.43. The van der Waals surface area contributed by atoms with Gasteiger partial charge >= 0.3 is 17.9 Å². The minimum absolute atomic E-state index is 0.197. The molecule has 0 saturated heterocycles. The van der Waals surface area contributed by atoms with Crippen LogP contribution in [0.2, 0.25) is 0 Å². The molecule has 0 aliphatic heterocycles. The van der Waals surface area contributed by atoms with Gasteiger partial charge in [0.05, 0.1) is 0 Å². The number of esters is 3. The van der Waals surface area contributed by atoms with E-state index in [-0.39, 0.29) is 11.5 Å². The summed E-state index contributed by atoms with van der Waals surface area (Å²) in [6.45, 7) is 11.9. The van der Waals surface area contributed by atoms with Crippen molar-refractivity contribution in [2.24, 2.45) is 0 Å². The summed E-state index contributed by atoms with van der Waals surface area (Å²) in [5, 5.41) is 0. The fourth-order valence-corrected chi connectivity index (χ4v) is 3.64. The van der Waals surface area contributed by atoms with Crippen LogP contribution in [-0.4, -0.2) is 17.9 Å². The molecule has 8 nitrogen and oxygen atoms in total. The molecule has 0 aliphatic carbocycles. The zero-order valence-electron chi connectivity index (χ0n) is 22.7. The van der Waals surface area contributed by atoms with Crippen molar-refractivity contribution >= 4 is 17.9 Å². The molecule has 0 atom stereocenters. The van der Waals surface area contributed by atoms with Gasteiger partial charge in [-0.3, -0.25) is 0 Å². The first-order valence-corrected chi connectivity index (χ1v) is 12.6. The maximum atomic E-state index is 11.7. The molecule has 0 saturated carbocycles. The van der Waals surface area contributed by atoms with E-state index in [9.17, 15) is 14.4 Å². The van der Waals surface area contributed by atoms with Gasteiger partial charge in [0.1, 0.15) is 41.3 Å². The van der Waals surface area contributed by atoms with Gasteiger partial charge in [-0.05, 0) is 66.6 Å². The quantitative estimate of drug-likeness (QED) is 0.0805. The zero-order chi connectivity index (χ0) is 30.1. The van der Waals surface area contributed by atoms with Gasteiger partial charge < -0.3 is 23.4 Å². The van der Waals surface area contributed by atoms with Crippen LogP contribution in [0.25, 0.3) is 33.8 Å². The summed E-state index contributed by atoms with van der Waals surface area (Å²) in [4.78, 5) is 34.8. The Labute approximate surface area is 242 Å². The van der Waals surface area contributed by atoms with E-state index in [0.29, 0.717) is 28.4 Å². The molecule has 0 amide bonds. The highest BCUT2D eigenvalue weighted by Crippen LogP contribution is 2.33. The van der Waals surface area contributed by atoms with Crippen molar-refractivity contribution in [1.29, 1.82) is 0 Å². The fourth-order valence-electron chi connectivity index (χ4n) is 3.64. The van der Waals surface area contributed by atoms with Gasteiger partial charge in [-0.2, -0.15) is 0 Å². The SMILES string of the molecule is C=CC(=O)Oc1cc(OC(=O)C=C)cc(-c2ccc(-c3ccc(-c4ccc(OC=COC(=O)C(=C)C)cc4)o3)cc2)c1. The second-order valence-electron chi connectivity index (χ2n) is 8.78. The maximum absolute atomic E-state index is 11.7.